The molecule has 0 aliphatic carbocycles. The Kier molecular flexibility index (Phi) is 3.68. The summed E-state index contributed by atoms with van der Waals surface area (Å²) in [6.07, 6.45) is 0. The van der Waals surface area contributed by atoms with Gasteiger partial charge in [-0.3, -0.25) is 9.00 Å². The average Bonchev–Trinajstić information content (AvgIpc) is 2.39. The fourth-order valence-electron chi connectivity index (χ4n) is 1.58. The van der Waals surface area contributed by atoms with E-state index in [1.807, 2.05) is 0 Å². The Morgan fingerprint density at radius 2 is 2.06 bits per heavy atom. The van der Waals surface area contributed by atoms with E-state index in [0.717, 1.165) is 0 Å². The SMILES string of the molecule is CNc1ccc(C(=O)N2CCS(=O)CC2)nn1. The van der Waals surface area contributed by atoms with Crippen LogP contribution in [-0.2, 0) is 10.8 Å². The van der Waals surface area contributed by atoms with Gasteiger partial charge in [0, 0.05) is 42.4 Å². The van der Waals surface area contributed by atoms with Crippen molar-refractivity contribution in [1.29, 1.82) is 0 Å². The maximum absolute atomic E-state index is 12.0. The summed E-state index contributed by atoms with van der Waals surface area (Å²) in [6, 6.07) is 3.36. The van der Waals surface area contributed by atoms with Gasteiger partial charge in [-0.05, 0) is 12.1 Å². The Bertz CT molecular complexity index is 424. The van der Waals surface area contributed by atoms with Crippen LogP contribution in [0.2, 0.25) is 0 Å². The van der Waals surface area contributed by atoms with E-state index in [1.165, 1.54) is 0 Å². The molecule has 0 radical (unpaired) electrons. The fraction of sp³-hybridized carbons (Fsp3) is 0.500. The van der Waals surface area contributed by atoms with Crippen LogP contribution in [0.1, 0.15) is 10.5 Å². The van der Waals surface area contributed by atoms with Crippen LogP contribution in [0.15, 0.2) is 12.1 Å². The van der Waals surface area contributed by atoms with Crippen molar-refractivity contribution in [3.05, 3.63) is 17.8 Å². The average molecular weight is 254 g/mol. The number of rotatable bonds is 2. The van der Waals surface area contributed by atoms with E-state index in [-0.39, 0.29) is 5.91 Å². The molecule has 0 atom stereocenters. The van der Waals surface area contributed by atoms with Crippen LogP contribution in [0.4, 0.5) is 5.82 Å². The molecule has 2 rings (SSSR count). The van der Waals surface area contributed by atoms with Crippen LogP contribution in [0.25, 0.3) is 0 Å². The monoisotopic (exact) mass is 254 g/mol. The molecule has 7 heteroatoms. The summed E-state index contributed by atoms with van der Waals surface area (Å²) < 4.78 is 11.2. The number of aromatic nitrogens is 2. The van der Waals surface area contributed by atoms with Crippen molar-refractivity contribution in [2.45, 2.75) is 0 Å². The molecular formula is C10H14N4O2S. The molecule has 1 saturated heterocycles. The van der Waals surface area contributed by atoms with Crippen LogP contribution in [0, 0.1) is 0 Å². The first-order chi connectivity index (χ1) is 8.20. The molecule has 1 fully saturated rings. The third kappa shape index (κ3) is 2.79. The zero-order valence-electron chi connectivity index (χ0n) is 9.55. The number of hydrogen-bond donors (Lipinski definition) is 1. The van der Waals surface area contributed by atoms with E-state index in [9.17, 15) is 9.00 Å². The smallest absolute Gasteiger partial charge is 0.274 e. The van der Waals surface area contributed by atoms with Gasteiger partial charge in [-0.15, -0.1) is 10.2 Å². The summed E-state index contributed by atoms with van der Waals surface area (Å²) in [4.78, 5) is 13.7. The predicted octanol–water partition coefficient (Wildman–Crippen LogP) is -0.277. The van der Waals surface area contributed by atoms with Gasteiger partial charge in [0.1, 0.15) is 5.82 Å². The molecule has 1 aliphatic heterocycles. The first-order valence-electron chi connectivity index (χ1n) is 5.36. The lowest BCUT2D eigenvalue weighted by atomic mass is 10.3. The second kappa shape index (κ2) is 5.22. The van der Waals surface area contributed by atoms with E-state index in [1.54, 1.807) is 24.1 Å². The van der Waals surface area contributed by atoms with Crippen molar-refractivity contribution < 1.29 is 9.00 Å². The van der Waals surface area contributed by atoms with Gasteiger partial charge >= 0.3 is 0 Å². The Hall–Kier alpha value is -1.50. The molecule has 1 aromatic rings. The molecule has 0 spiro atoms. The maximum Gasteiger partial charge on any atom is 0.274 e. The minimum Gasteiger partial charge on any atom is -0.372 e. The summed E-state index contributed by atoms with van der Waals surface area (Å²) in [7, 11) is 0.963. The molecule has 6 nitrogen and oxygen atoms in total. The molecular weight excluding hydrogens is 240 g/mol. The van der Waals surface area contributed by atoms with E-state index in [2.05, 4.69) is 15.5 Å². The topological polar surface area (TPSA) is 75.2 Å². The van der Waals surface area contributed by atoms with Crippen LogP contribution in [0.5, 0.6) is 0 Å². The van der Waals surface area contributed by atoms with Gasteiger partial charge in [-0.1, -0.05) is 0 Å². The van der Waals surface area contributed by atoms with Gasteiger partial charge in [0.2, 0.25) is 0 Å². The lowest BCUT2D eigenvalue weighted by molar-refractivity contribution is 0.0764. The summed E-state index contributed by atoms with van der Waals surface area (Å²) in [5, 5.41) is 10.6. The molecule has 17 heavy (non-hydrogen) atoms. The fourth-order valence-corrected chi connectivity index (χ4v) is 2.63. The van der Waals surface area contributed by atoms with Crippen LogP contribution >= 0.6 is 0 Å². The molecule has 1 aromatic heterocycles. The maximum atomic E-state index is 12.0. The van der Waals surface area contributed by atoms with Crippen molar-refractivity contribution in [3.8, 4) is 0 Å². The molecule has 1 amide bonds. The largest absolute Gasteiger partial charge is 0.372 e. The molecule has 92 valence electrons. The first kappa shape index (κ1) is 12.0. The number of anilines is 1. The summed E-state index contributed by atoms with van der Waals surface area (Å²) >= 11 is 0. The minimum atomic E-state index is -0.779. The van der Waals surface area contributed by atoms with Crippen LogP contribution in [-0.4, -0.2) is 56.9 Å². The van der Waals surface area contributed by atoms with Crippen LogP contribution < -0.4 is 5.32 Å². The van der Waals surface area contributed by atoms with Gasteiger partial charge in [0.25, 0.3) is 5.91 Å². The lowest BCUT2D eigenvalue weighted by Crippen LogP contribution is -2.42. The molecule has 1 aliphatic rings. The Labute approximate surface area is 102 Å². The molecule has 0 bridgehead atoms. The highest BCUT2D eigenvalue weighted by atomic mass is 32.2. The van der Waals surface area contributed by atoms with Gasteiger partial charge in [0.05, 0.1) is 0 Å². The highest BCUT2D eigenvalue weighted by Crippen LogP contribution is 2.07. The second-order valence-corrected chi connectivity index (χ2v) is 5.39. The molecule has 1 N–H and O–H groups in total. The van der Waals surface area contributed by atoms with Crippen molar-refractivity contribution in [1.82, 2.24) is 15.1 Å². The highest BCUT2D eigenvalue weighted by molar-refractivity contribution is 7.85. The Morgan fingerprint density at radius 3 is 2.59 bits per heavy atom. The van der Waals surface area contributed by atoms with E-state index < -0.39 is 10.8 Å². The van der Waals surface area contributed by atoms with E-state index in [0.29, 0.717) is 36.1 Å². The Balaban J connectivity index is 2.05. The van der Waals surface area contributed by atoms with E-state index >= 15 is 0 Å². The summed E-state index contributed by atoms with van der Waals surface area (Å²) in [5.74, 6) is 1.58. The Morgan fingerprint density at radius 1 is 1.35 bits per heavy atom. The minimum absolute atomic E-state index is 0.142. The predicted molar refractivity (Wildman–Crippen MR) is 65.4 cm³/mol. The molecule has 0 aromatic carbocycles. The molecule has 0 saturated carbocycles. The van der Waals surface area contributed by atoms with Crippen molar-refractivity contribution in [2.24, 2.45) is 0 Å². The number of hydrogen-bond acceptors (Lipinski definition) is 5. The standard InChI is InChI=1S/C10H14N4O2S/c1-11-9-3-2-8(12-13-9)10(15)14-4-6-17(16)7-5-14/h2-3H,4-7H2,1H3,(H,11,13). The van der Waals surface area contributed by atoms with Gasteiger partial charge < -0.3 is 10.2 Å². The number of nitrogens with zero attached hydrogens (tertiary/aromatic N) is 3. The number of amides is 1. The third-order valence-electron chi connectivity index (χ3n) is 2.60. The van der Waals surface area contributed by atoms with Gasteiger partial charge in [0.15, 0.2) is 5.69 Å². The second-order valence-electron chi connectivity index (χ2n) is 3.69. The van der Waals surface area contributed by atoms with Gasteiger partial charge in [-0.2, -0.15) is 0 Å². The van der Waals surface area contributed by atoms with Gasteiger partial charge in [-0.25, -0.2) is 0 Å². The van der Waals surface area contributed by atoms with Crippen LogP contribution in [0.3, 0.4) is 0 Å². The zero-order valence-corrected chi connectivity index (χ0v) is 10.4. The van der Waals surface area contributed by atoms with E-state index in [4.69, 9.17) is 0 Å². The number of carbonyl (C=O) groups excluding carboxylic acids is 1. The van der Waals surface area contributed by atoms with Crippen molar-refractivity contribution in [3.63, 3.8) is 0 Å². The van der Waals surface area contributed by atoms with Crippen molar-refractivity contribution >= 4 is 22.5 Å². The summed E-state index contributed by atoms with van der Waals surface area (Å²) in [5.41, 5.74) is 0.330. The first-order valence-corrected chi connectivity index (χ1v) is 6.85. The molecule has 2 heterocycles. The molecule has 0 unspecified atom stereocenters. The third-order valence-corrected chi connectivity index (χ3v) is 3.88. The number of nitrogens with one attached hydrogen (secondary N) is 1. The quantitative estimate of drug-likeness (QED) is 0.786. The lowest BCUT2D eigenvalue weighted by Gasteiger charge is -2.25. The normalized spacial score (nSPS) is 16.9. The highest BCUT2D eigenvalue weighted by Gasteiger charge is 2.22. The zero-order chi connectivity index (χ0) is 12.3. The number of carbonyl (C=O) groups is 1. The van der Waals surface area contributed by atoms with Crippen molar-refractivity contribution in [2.75, 3.05) is 37.0 Å². The summed E-state index contributed by atoms with van der Waals surface area (Å²) in [6.45, 7) is 1.06.